The second-order valence-corrected chi connectivity index (χ2v) is 13.8. The maximum Gasteiger partial charge on any atom is 0.342 e. The molecule has 22 heavy (non-hydrogen) atoms. The smallest absolute Gasteiger partial charge is 0.342 e. The van der Waals surface area contributed by atoms with Crippen molar-refractivity contribution in [1.82, 2.24) is 0 Å². The first-order valence-corrected chi connectivity index (χ1v) is 11.8. The molecule has 0 aliphatic heterocycles. The van der Waals surface area contributed by atoms with Crippen molar-refractivity contribution in [2.24, 2.45) is 0 Å². The molecular formula is C17H27O3PSi. The van der Waals surface area contributed by atoms with Crippen LogP contribution in [0.25, 0.3) is 5.57 Å². The molecule has 0 radical (unpaired) electrons. The molecule has 122 valence electrons. The van der Waals surface area contributed by atoms with Crippen LogP contribution in [-0.2, 0) is 14.0 Å². The summed E-state index contributed by atoms with van der Waals surface area (Å²) in [6, 6.07) is 9.62. The Balaban J connectivity index is 3.47. The van der Waals surface area contributed by atoms with Gasteiger partial charge in [-0.05, 0) is 38.9 Å². The molecule has 0 heterocycles. The van der Waals surface area contributed by atoms with Gasteiger partial charge in [-0.3, -0.25) is 0 Å². The predicted molar refractivity (Wildman–Crippen MR) is 97.9 cm³/mol. The third-order valence-electron chi connectivity index (χ3n) is 2.58. The normalized spacial score (nSPS) is 14.0. The standard InChI is InChI=1S/C17H27O3PSi/c1-17(2,3)21-16(20-22(5,6)7)14(15(18)19-4)13-11-9-8-10-12-13/h8-12,21H,1-7H3/b16-14+. The molecule has 0 saturated carbocycles. The number of carbonyl (C=O) groups excluding carboxylic acids is 1. The molecule has 3 nitrogen and oxygen atoms in total. The number of hydrogen-bond acceptors (Lipinski definition) is 3. The molecule has 0 saturated heterocycles. The first-order chi connectivity index (χ1) is 10.0. The van der Waals surface area contributed by atoms with E-state index < -0.39 is 8.32 Å². The van der Waals surface area contributed by atoms with Crippen LogP contribution in [0.4, 0.5) is 0 Å². The first-order valence-electron chi connectivity index (χ1n) is 7.39. The molecular weight excluding hydrogens is 311 g/mol. The van der Waals surface area contributed by atoms with E-state index >= 15 is 0 Å². The summed E-state index contributed by atoms with van der Waals surface area (Å²) in [6.45, 7) is 12.8. The first kappa shape index (κ1) is 18.9. The molecule has 0 aliphatic carbocycles. The van der Waals surface area contributed by atoms with Gasteiger partial charge in [0.1, 0.15) is 11.1 Å². The molecule has 0 amide bonds. The summed E-state index contributed by atoms with van der Waals surface area (Å²) in [4.78, 5) is 12.4. The molecule has 5 heteroatoms. The summed E-state index contributed by atoms with van der Waals surface area (Å²) >= 11 is 0. The Morgan fingerprint density at radius 3 is 2.05 bits per heavy atom. The number of methoxy groups -OCH3 is 1. The van der Waals surface area contributed by atoms with E-state index in [1.807, 2.05) is 30.3 Å². The Morgan fingerprint density at radius 1 is 1.09 bits per heavy atom. The molecule has 1 rings (SSSR count). The summed E-state index contributed by atoms with van der Waals surface area (Å²) in [5.41, 5.74) is 2.17. The van der Waals surface area contributed by atoms with E-state index in [0.717, 1.165) is 11.1 Å². The maximum absolute atomic E-state index is 12.4. The van der Waals surface area contributed by atoms with Crippen LogP contribution >= 0.6 is 8.58 Å². The minimum absolute atomic E-state index is 0.0447. The quantitative estimate of drug-likeness (QED) is 0.253. The lowest BCUT2D eigenvalue weighted by atomic mass is 10.1. The van der Waals surface area contributed by atoms with Gasteiger partial charge >= 0.3 is 5.97 Å². The van der Waals surface area contributed by atoms with Crippen LogP contribution in [-0.4, -0.2) is 26.6 Å². The monoisotopic (exact) mass is 338 g/mol. The van der Waals surface area contributed by atoms with E-state index in [9.17, 15) is 4.79 Å². The van der Waals surface area contributed by atoms with Crippen LogP contribution in [0, 0.1) is 0 Å². The van der Waals surface area contributed by atoms with Crippen LogP contribution < -0.4 is 0 Å². The van der Waals surface area contributed by atoms with Crippen molar-refractivity contribution in [3.63, 3.8) is 0 Å². The third-order valence-corrected chi connectivity index (χ3v) is 4.93. The molecule has 0 fully saturated rings. The van der Waals surface area contributed by atoms with Crippen molar-refractivity contribution in [2.45, 2.75) is 45.6 Å². The highest BCUT2D eigenvalue weighted by molar-refractivity contribution is 7.45. The van der Waals surface area contributed by atoms with Gasteiger partial charge in [0.2, 0.25) is 8.32 Å². The lowest BCUT2D eigenvalue weighted by Gasteiger charge is -2.28. The number of carbonyl (C=O) groups is 1. The summed E-state index contributed by atoms with van der Waals surface area (Å²) in [6.07, 6.45) is 0. The van der Waals surface area contributed by atoms with E-state index in [2.05, 4.69) is 40.4 Å². The molecule has 1 aromatic carbocycles. The highest BCUT2D eigenvalue weighted by atomic mass is 31.1. The number of esters is 1. The van der Waals surface area contributed by atoms with E-state index in [0.29, 0.717) is 14.2 Å². The van der Waals surface area contributed by atoms with Crippen LogP contribution in [0.15, 0.2) is 35.8 Å². The van der Waals surface area contributed by atoms with Crippen LogP contribution in [0.1, 0.15) is 26.3 Å². The summed E-state index contributed by atoms with van der Waals surface area (Å²) in [5, 5.41) is 0.0447. The fourth-order valence-electron chi connectivity index (χ4n) is 1.83. The SMILES string of the molecule is COC(=O)/C(=C(\O[Si](C)(C)C)PC(C)(C)C)c1ccccc1. The Kier molecular flexibility index (Phi) is 6.39. The minimum Gasteiger partial charge on any atom is -0.544 e. The van der Waals surface area contributed by atoms with Gasteiger partial charge in [0.05, 0.1) is 7.11 Å². The second-order valence-electron chi connectivity index (χ2n) is 7.15. The summed E-state index contributed by atoms with van der Waals surface area (Å²) in [7, 11) is -0.0195. The summed E-state index contributed by atoms with van der Waals surface area (Å²) < 4.78 is 11.3. The fourth-order valence-corrected chi connectivity index (χ4v) is 4.72. The van der Waals surface area contributed by atoms with Crippen molar-refractivity contribution >= 4 is 28.4 Å². The number of benzene rings is 1. The Labute approximate surface area is 137 Å². The highest BCUT2D eigenvalue weighted by Crippen LogP contribution is 2.44. The number of hydrogen-bond donors (Lipinski definition) is 0. The minimum atomic E-state index is -1.83. The zero-order chi connectivity index (χ0) is 17.0. The molecule has 0 aromatic heterocycles. The van der Waals surface area contributed by atoms with Gasteiger partial charge in [0, 0.05) is 0 Å². The van der Waals surface area contributed by atoms with E-state index in [4.69, 9.17) is 9.16 Å². The van der Waals surface area contributed by atoms with Crippen molar-refractivity contribution in [3.05, 3.63) is 41.4 Å². The highest BCUT2D eigenvalue weighted by Gasteiger charge is 2.28. The van der Waals surface area contributed by atoms with E-state index in [1.165, 1.54) is 7.11 Å². The van der Waals surface area contributed by atoms with E-state index in [1.54, 1.807) is 0 Å². The van der Waals surface area contributed by atoms with Crippen LogP contribution in [0.2, 0.25) is 19.6 Å². The maximum atomic E-state index is 12.4. The van der Waals surface area contributed by atoms with Gasteiger partial charge in [-0.2, -0.15) is 0 Å². The molecule has 0 aliphatic rings. The third kappa shape index (κ3) is 6.33. The van der Waals surface area contributed by atoms with Crippen molar-refractivity contribution in [1.29, 1.82) is 0 Å². The lowest BCUT2D eigenvalue weighted by Crippen LogP contribution is -2.26. The zero-order valence-electron chi connectivity index (χ0n) is 14.6. The van der Waals surface area contributed by atoms with Gasteiger partial charge in [-0.1, -0.05) is 51.1 Å². The van der Waals surface area contributed by atoms with Gasteiger partial charge in [-0.15, -0.1) is 0 Å². The lowest BCUT2D eigenvalue weighted by molar-refractivity contribution is -0.133. The largest absolute Gasteiger partial charge is 0.544 e. The molecule has 0 bridgehead atoms. The Hall–Kier alpha value is -1.12. The predicted octanol–water partition coefficient (Wildman–Crippen LogP) is 4.86. The number of ether oxygens (including phenoxy) is 1. The van der Waals surface area contributed by atoms with Gasteiger partial charge < -0.3 is 9.16 Å². The molecule has 0 spiro atoms. The van der Waals surface area contributed by atoms with Gasteiger partial charge in [0.25, 0.3) is 0 Å². The average molecular weight is 338 g/mol. The van der Waals surface area contributed by atoms with Crippen molar-refractivity contribution in [2.75, 3.05) is 7.11 Å². The molecule has 1 unspecified atom stereocenters. The van der Waals surface area contributed by atoms with Crippen molar-refractivity contribution < 1.29 is 14.0 Å². The van der Waals surface area contributed by atoms with Crippen molar-refractivity contribution in [3.8, 4) is 0 Å². The zero-order valence-corrected chi connectivity index (χ0v) is 16.6. The van der Waals surface area contributed by atoms with Crippen LogP contribution in [0.5, 0.6) is 0 Å². The average Bonchev–Trinajstić information content (AvgIpc) is 2.36. The second kappa shape index (κ2) is 7.43. The van der Waals surface area contributed by atoms with Gasteiger partial charge in [0.15, 0.2) is 0 Å². The molecule has 1 atom stereocenters. The van der Waals surface area contributed by atoms with Gasteiger partial charge in [-0.25, -0.2) is 4.79 Å². The summed E-state index contributed by atoms with van der Waals surface area (Å²) in [5.74, 6) is -0.337. The molecule has 0 N–H and O–H groups in total. The number of rotatable bonds is 5. The van der Waals surface area contributed by atoms with Crippen LogP contribution in [0.3, 0.4) is 0 Å². The fraction of sp³-hybridized carbons (Fsp3) is 0.471. The Morgan fingerprint density at radius 2 is 1.64 bits per heavy atom. The molecule has 1 aromatic rings. The Bertz CT molecular complexity index is 521. The van der Waals surface area contributed by atoms with E-state index in [-0.39, 0.29) is 11.1 Å². The topological polar surface area (TPSA) is 35.5 Å².